The van der Waals surface area contributed by atoms with Crippen LogP contribution in [0.25, 0.3) is 43.9 Å². The van der Waals surface area contributed by atoms with Crippen molar-refractivity contribution >= 4 is 67.6 Å². The Morgan fingerprint density at radius 1 is 0.605 bits per heavy atom. The Labute approximate surface area is 248 Å². The lowest BCUT2D eigenvalue weighted by Gasteiger charge is -2.29. The first-order valence-corrected chi connectivity index (χ1v) is 14.7. The van der Waals surface area contributed by atoms with E-state index < -0.39 is 22.8 Å². The van der Waals surface area contributed by atoms with E-state index in [1.165, 1.54) is 11.8 Å². The summed E-state index contributed by atoms with van der Waals surface area (Å²) in [4.78, 5) is 51.7. The van der Waals surface area contributed by atoms with Crippen LogP contribution in [0.2, 0.25) is 0 Å². The highest BCUT2D eigenvalue weighted by Crippen LogP contribution is 2.36. The highest BCUT2D eigenvalue weighted by Gasteiger charge is 2.40. The monoisotopic (exact) mass is 594 g/mol. The van der Waals surface area contributed by atoms with E-state index in [2.05, 4.69) is 0 Å². The van der Waals surface area contributed by atoms with Crippen molar-refractivity contribution in [1.29, 1.82) is 0 Å². The minimum atomic E-state index is -1.44. The molecule has 2 heterocycles. The predicted octanol–water partition coefficient (Wildman–Crippen LogP) is 6.32. The molecule has 0 radical (unpaired) electrons. The Bertz CT molecular complexity index is 2060. The fraction of sp³-hybridized carbons (Fsp3) is 0.176. The number of hydrogen-bond acceptors (Lipinski definition) is 7. The van der Waals surface area contributed by atoms with Crippen molar-refractivity contribution in [3.8, 4) is 0 Å². The van der Waals surface area contributed by atoms with E-state index in [4.69, 9.17) is 8.83 Å². The Morgan fingerprint density at radius 3 is 1.37 bits per heavy atom. The van der Waals surface area contributed by atoms with Gasteiger partial charge in [0.2, 0.25) is 10.9 Å². The van der Waals surface area contributed by atoms with Gasteiger partial charge in [0, 0.05) is 11.5 Å². The molecule has 0 amide bonds. The summed E-state index contributed by atoms with van der Waals surface area (Å²) in [7, 11) is 0. The number of benzene rings is 4. The second-order valence-electron chi connectivity index (χ2n) is 11.0. The zero-order valence-corrected chi connectivity index (χ0v) is 24.1. The minimum absolute atomic E-state index is 0.0238. The lowest BCUT2D eigenvalue weighted by molar-refractivity contribution is -0.143. The number of fused-ring (bicyclic) bond motifs is 4. The molecule has 2 aromatic heterocycles. The van der Waals surface area contributed by atoms with Gasteiger partial charge in [0.25, 0.3) is 0 Å². The van der Waals surface area contributed by atoms with Crippen molar-refractivity contribution in [1.82, 2.24) is 0 Å². The molecule has 0 fully saturated rings. The molecule has 0 bridgehead atoms. The number of carboxylic acid groups (broad SMARTS) is 2. The fourth-order valence-electron chi connectivity index (χ4n) is 5.29. The van der Waals surface area contributed by atoms with Crippen LogP contribution in [-0.4, -0.2) is 33.7 Å². The zero-order valence-electron chi connectivity index (χ0n) is 23.2. The lowest BCUT2D eigenvalue weighted by Crippen LogP contribution is -2.38. The van der Waals surface area contributed by atoms with Crippen molar-refractivity contribution in [2.75, 3.05) is 11.5 Å². The number of hydrogen-bond donors (Lipinski definition) is 2. The quantitative estimate of drug-likeness (QED) is 0.194. The third kappa shape index (κ3) is 4.66. The summed E-state index contributed by atoms with van der Waals surface area (Å²) in [5, 5.41) is 22.0. The first kappa shape index (κ1) is 28.2. The average molecular weight is 595 g/mol. The van der Waals surface area contributed by atoms with Crippen LogP contribution in [0.5, 0.6) is 0 Å². The molecule has 6 rings (SSSR count). The van der Waals surface area contributed by atoms with E-state index in [1.54, 1.807) is 98.8 Å². The van der Waals surface area contributed by atoms with Crippen molar-refractivity contribution < 1.29 is 28.6 Å². The molecule has 8 nitrogen and oxygen atoms in total. The summed E-state index contributed by atoms with van der Waals surface area (Å²) >= 11 is 1.17. The van der Waals surface area contributed by atoms with Crippen molar-refractivity contribution in [3.63, 3.8) is 0 Å². The molecule has 2 atom stereocenters. The summed E-state index contributed by atoms with van der Waals surface area (Å²) in [5.74, 6) is -2.18. The number of carboxylic acids is 2. The maximum Gasteiger partial charge on any atom is 0.314 e. The molecule has 0 aliphatic rings. The van der Waals surface area contributed by atoms with E-state index in [-0.39, 0.29) is 33.1 Å². The van der Waals surface area contributed by atoms with Crippen LogP contribution >= 0.6 is 11.8 Å². The van der Waals surface area contributed by atoms with Gasteiger partial charge >= 0.3 is 11.9 Å². The Balaban J connectivity index is 1.33. The normalized spacial score (nSPS) is 14.6. The standard InChI is InChI=1S/C34H26O8S/c1-33(31(37)38,19-11-13-27-23(15-19)29(35)21-7-3-5-9-25(21)41-27)17-43-18-34(2,32(39)40)20-12-14-28-24(16-20)30(36)22-8-4-6-10-26(22)42-28/h3-16H,17-18H2,1-2H3,(H,37,38)(H,39,40). The van der Waals surface area contributed by atoms with Crippen molar-refractivity contribution in [2.45, 2.75) is 24.7 Å². The molecule has 0 saturated carbocycles. The van der Waals surface area contributed by atoms with Crippen LogP contribution in [0.3, 0.4) is 0 Å². The van der Waals surface area contributed by atoms with Gasteiger partial charge in [0.1, 0.15) is 22.3 Å². The second kappa shape index (κ2) is 10.4. The summed E-state index contributed by atoms with van der Waals surface area (Å²) in [6, 6.07) is 23.2. The van der Waals surface area contributed by atoms with Crippen LogP contribution in [0.4, 0.5) is 0 Å². The molecule has 43 heavy (non-hydrogen) atoms. The van der Waals surface area contributed by atoms with Crippen molar-refractivity contribution in [3.05, 3.63) is 117 Å². The second-order valence-corrected chi connectivity index (χ2v) is 12.0. The summed E-state index contributed by atoms with van der Waals surface area (Å²) < 4.78 is 11.7. The summed E-state index contributed by atoms with van der Waals surface area (Å²) in [6.45, 7) is 3.10. The number of rotatable bonds is 8. The molecular formula is C34H26O8S. The molecule has 6 aromatic rings. The van der Waals surface area contributed by atoms with Crippen LogP contribution in [0, 0.1) is 0 Å². The Morgan fingerprint density at radius 2 is 0.977 bits per heavy atom. The maximum atomic E-state index is 13.2. The Kier molecular flexibility index (Phi) is 6.85. The molecule has 0 aliphatic heterocycles. The fourth-order valence-corrected chi connectivity index (χ4v) is 6.79. The van der Waals surface area contributed by atoms with E-state index in [1.807, 2.05) is 0 Å². The largest absolute Gasteiger partial charge is 0.481 e. The van der Waals surface area contributed by atoms with Crippen LogP contribution in [-0.2, 0) is 20.4 Å². The minimum Gasteiger partial charge on any atom is -0.481 e. The molecule has 2 unspecified atom stereocenters. The third-order valence-electron chi connectivity index (χ3n) is 8.15. The summed E-state index contributed by atoms with van der Waals surface area (Å²) in [5.41, 5.74) is -1.03. The average Bonchev–Trinajstić information content (AvgIpc) is 3.00. The molecule has 0 aliphatic carbocycles. The SMILES string of the molecule is CC(CSCC(C)(C(=O)O)c1ccc2oc3ccccc3c(=O)c2c1)(C(=O)O)c1ccc2oc3ccccc3c(=O)c2c1. The molecule has 216 valence electrons. The number of para-hydroxylation sites is 2. The summed E-state index contributed by atoms with van der Waals surface area (Å²) in [6.07, 6.45) is 0. The molecule has 9 heteroatoms. The molecule has 0 spiro atoms. The van der Waals surface area contributed by atoms with Gasteiger partial charge in [-0.2, -0.15) is 11.8 Å². The first-order valence-electron chi connectivity index (χ1n) is 13.5. The number of thioether (sulfide) groups is 1. The van der Waals surface area contributed by atoms with E-state index in [0.29, 0.717) is 44.2 Å². The molecule has 4 aromatic carbocycles. The van der Waals surface area contributed by atoms with Gasteiger partial charge in [-0.05, 0) is 73.5 Å². The number of aliphatic carboxylic acids is 2. The van der Waals surface area contributed by atoms with Gasteiger partial charge < -0.3 is 19.0 Å². The third-order valence-corrected chi connectivity index (χ3v) is 9.71. The number of carbonyl (C=O) groups is 2. The lowest BCUT2D eigenvalue weighted by atomic mass is 9.83. The topological polar surface area (TPSA) is 135 Å². The smallest absolute Gasteiger partial charge is 0.314 e. The van der Waals surface area contributed by atoms with Crippen molar-refractivity contribution in [2.24, 2.45) is 0 Å². The van der Waals surface area contributed by atoms with Gasteiger partial charge in [-0.25, -0.2) is 0 Å². The van der Waals surface area contributed by atoms with Gasteiger partial charge in [0.15, 0.2) is 0 Å². The van der Waals surface area contributed by atoms with Gasteiger partial charge in [-0.3, -0.25) is 19.2 Å². The highest BCUT2D eigenvalue weighted by atomic mass is 32.2. The predicted molar refractivity (Wildman–Crippen MR) is 167 cm³/mol. The van der Waals surface area contributed by atoms with E-state index in [9.17, 15) is 29.4 Å². The molecule has 0 saturated heterocycles. The molecular weight excluding hydrogens is 568 g/mol. The highest BCUT2D eigenvalue weighted by molar-refractivity contribution is 7.99. The van der Waals surface area contributed by atoms with Gasteiger partial charge in [-0.15, -0.1) is 0 Å². The zero-order chi connectivity index (χ0) is 30.5. The van der Waals surface area contributed by atoms with Crippen LogP contribution in [0.15, 0.2) is 103 Å². The van der Waals surface area contributed by atoms with E-state index >= 15 is 0 Å². The maximum absolute atomic E-state index is 13.2. The van der Waals surface area contributed by atoms with Gasteiger partial charge in [0.05, 0.1) is 32.4 Å². The first-order chi connectivity index (χ1) is 20.5. The van der Waals surface area contributed by atoms with Crippen LogP contribution < -0.4 is 10.9 Å². The molecule has 2 N–H and O–H groups in total. The van der Waals surface area contributed by atoms with E-state index in [0.717, 1.165) is 0 Å². The van der Waals surface area contributed by atoms with Gasteiger partial charge in [-0.1, -0.05) is 36.4 Å². The Hall–Kier alpha value is -4.89. The van der Waals surface area contributed by atoms with Crippen LogP contribution in [0.1, 0.15) is 25.0 Å².